The molecule has 0 spiro atoms. The summed E-state index contributed by atoms with van der Waals surface area (Å²) in [7, 11) is 1.58. The molecule has 1 N–H and O–H groups in total. The van der Waals surface area contributed by atoms with Crippen molar-refractivity contribution >= 4 is 17.8 Å². The van der Waals surface area contributed by atoms with Gasteiger partial charge < -0.3 is 28.9 Å². The summed E-state index contributed by atoms with van der Waals surface area (Å²) in [6.45, 7) is 1.94. The van der Waals surface area contributed by atoms with Gasteiger partial charge in [-0.25, -0.2) is 4.79 Å². The van der Waals surface area contributed by atoms with Gasteiger partial charge in [-0.2, -0.15) is 4.98 Å². The van der Waals surface area contributed by atoms with Gasteiger partial charge in [0, 0.05) is 44.8 Å². The van der Waals surface area contributed by atoms with Crippen molar-refractivity contribution in [3.05, 3.63) is 41.5 Å². The van der Waals surface area contributed by atoms with Gasteiger partial charge in [0.05, 0.1) is 19.1 Å². The minimum atomic E-state index is -4.77. The Morgan fingerprint density at radius 2 is 1.94 bits per heavy atom. The Morgan fingerprint density at radius 3 is 2.63 bits per heavy atom. The molecule has 2 aromatic rings. The van der Waals surface area contributed by atoms with Crippen molar-refractivity contribution in [1.29, 1.82) is 0 Å². The van der Waals surface area contributed by atoms with Gasteiger partial charge in [0.1, 0.15) is 11.2 Å². The van der Waals surface area contributed by atoms with Crippen molar-refractivity contribution in [2.45, 2.75) is 36.5 Å². The molecule has 3 unspecified atom stereocenters. The lowest BCUT2D eigenvalue weighted by Crippen LogP contribution is -2.52. The van der Waals surface area contributed by atoms with E-state index >= 15 is 0 Å². The number of aromatic nitrogens is 2. The summed E-state index contributed by atoms with van der Waals surface area (Å²) in [6, 6.07) is 5.50. The second-order valence-corrected chi connectivity index (χ2v) is 9.78. The van der Waals surface area contributed by atoms with Crippen LogP contribution >= 0.6 is 11.8 Å². The monoisotopic (exact) mass is 516 g/mol. The predicted molar refractivity (Wildman–Crippen MR) is 120 cm³/mol. The lowest BCUT2D eigenvalue weighted by Gasteiger charge is -2.40. The zero-order valence-corrected chi connectivity index (χ0v) is 19.9. The zero-order chi connectivity index (χ0) is 25.0. The molecule has 2 aliphatic rings. The van der Waals surface area contributed by atoms with Crippen LogP contribution < -0.4 is 4.74 Å². The first-order chi connectivity index (χ1) is 16.7. The number of hydrogen-bond donors (Lipinski definition) is 1. The lowest BCUT2D eigenvalue weighted by molar-refractivity contribution is -0.274. The number of ether oxygens (including phenoxy) is 2. The summed E-state index contributed by atoms with van der Waals surface area (Å²) in [4.78, 5) is 21.1. The van der Waals surface area contributed by atoms with Crippen LogP contribution in [0.25, 0.3) is 0 Å². The topological polar surface area (TPSA) is 101 Å². The number of hydrogen-bond acceptors (Lipinski definition) is 8. The number of carbonyl (C=O) groups excluding carboxylic acids is 1. The van der Waals surface area contributed by atoms with Crippen LogP contribution in [0.4, 0.5) is 18.0 Å². The summed E-state index contributed by atoms with van der Waals surface area (Å²) in [6.07, 6.45) is -3.70. The molecule has 2 fully saturated rings. The number of nitrogens with zero attached hydrogens (tertiary/aromatic N) is 4. The van der Waals surface area contributed by atoms with E-state index in [9.17, 15) is 23.1 Å². The summed E-state index contributed by atoms with van der Waals surface area (Å²) >= 11 is 1.40. The molecular formula is C22H27F3N4O5S. The molecule has 0 saturated carbocycles. The Labute approximate surface area is 204 Å². The fraction of sp³-hybridized carbons (Fsp3) is 0.591. The van der Waals surface area contributed by atoms with Gasteiger partial charge in [0.25, 0.3) is 0 Å². The highest BCUT2D eigenvalue weighted by molar-refractivity contribution is 7.99. The maximum Gasteiger partial charge on any atom is 0.573 e. The number of aliphatic hydroxyl groups is 1. The second-order valence-electron chi connectivity index (χ2n) is 8.50. The fourth-order valence-corrected chi connectivity index (χ4v) is 5.23. The molecule has 0 bridgehead atoms. The summed E-state index contributed by atoms with van der Waals surface area (Å²) in [5, 5.41) is 14.0. The number of methoxy groups -OCH3 is 1. The minimum absolute atomic E-state index is 0.170. The number of β-amino-alcohol motifs (C(OH)–C–C–N with tert-alkyl or cyclic N) is 1. The normalized spacial score (nSPS) is 23.4. The summed E-state index contributed by atoms with van der Waals surface area (Å²) in [5.74, 6) is 0.825. The molecule has 3 heterocycles. The molecule has 2 aliphatic heterocycles. The van der Waals surface area contributed by atoms with Crippen molar-refractivity contribution in [1.82, 2.24) is 19.9 Å². The minimum Gasteiger partial charge on any atom is -0.406 e. The molecule has 35 heavy (non-hydrogen) atoms. The average molecular weight is 517 g/mol. The van der Waals surface area contributed by atoms with Crippen LogP contribution in [0.15, 0.2) is 28.8 Å². The quantitative estimate of drug-likeness (QED) is 0.625. The second kappa shape index (κ2) is 11.0. The number of likely N-dealkylation sites (tertiary alicyclic amines) is 1. The standard InChI is InChI=1S/C22H27F3N4O5S/c1-32-8-6-18-26-20(34-27-18)16-10-15(14-2-4-17(5-3-14)33-22(23,24)25)11-29(12-16)21(31)28-7-9-35-19(30)13-28/h2-5,15-16,19,30H,6-13H2,1H3. The van der Waals surface area contributed by atoms with E-state index in [1.807, 2.05) is 0 Å². The molecule has 0 aliphatic carbocycles. The van der Waals surface area contributed by atoms with Crippen molar-refractivity contribution in [3.8, 4) is 5.75 Å². The van der Waals surface area contributed by atoms with E-state index in [0.717, 1.165) is 5.56 Å². The van der Waals surface area contributed by atoms with Gasteiger partial charge in [-0.05, 0) is 24.1 Å². The maximum absolute atomic E-state index is 13.3. The third kappa shape index (κ3) is 6.79. The number of thioether (sulfide) groups is 1. The smallest absolute Gasteiger partial charge is 0.406 e. The first-order valence-corrected chi connectivity index (χ1v) is 12.3. The molecular weight excluding hydrogens is 489 g/mol. The molecule has 1 aromatic heterocycles. The van der Waals surface area contributed by atoms with E-state index in [1.165, 1.54) is 23.9 Å². The number of piperidine rings is 1. The maximum atomic E-state index is 13.3. The predicted octanol–water partition coefficient (Wildman–Crippen LogP) is 3.22. The Morgan fingerprint density at radius 1 is 1.20 bits per heavy atom. The van der Waals surface area contributed by atoms with Crippen LogP contribution in [0.1, 0.15) is 35.5 Å². The van der Waals surface area contributed by atoms with Crippen molar-refractivity contribution < 1.29 is 37.1 Å². The highest BCUT2D eigenvalue weighted by Gasteiger charge is 2.37. The van der Waals surface area contributed by atoms with Crippen molar-refractivity contribution in [2.75, 3.05) is 45.6 Å². The van der Waals surface area contributed by atoms with Crippen LogP contribution in [0.3, 0.4) is 0 Å². The first kappa shape index (κ1) is 25.6. The van der Waals surface area contributed by atoms with Crippen LogP contribution in [0, 0.1) is 0 Å². The average Bonchev–Trinajstić information content (AvgIpc) is 3.30. The SMILES string of the molecule is COCCc1noc(C2CC(c3ccc(OC(F)(F)F)cc3)CN(C(=O)N3CCSC(O)C3)C2)n1. The van der Waals surface area contributed by atoms with Gasteiger partial charge in [-0.1, -0.05) is 17.3 Å². The fourth-order valence-electron chi connectivity index (χ4n) is 4.35. The number of aliphatic hydroxyl groups excluding tert-OH is 1. The molecule has 3 atom stereocenters. The zero-order valence-electron chi connectivity index (χ0n) is 19.1. The Bertz CT molecular complexity index is 990. The molecule has 2 amide bonds. The number of rotatable bonds is 6. The highest BCUT2D eigenvalue weighted by atomic mass is 32.2. The van der Waals surface area contributed by atoms with E-state index in [1.54, 1.807) is 29.0 Å². The molecule has 13 heteroatoms. The van der Waals surface area contributed by atoms with Gasteiger partial charge >= 0.3 is 12.4 Å². The largest absolute Gasteiger partial charge is 0.573 e. The molecule has 9 nitrogen and oxygen atoms in total. The summed E-state index contributed by atoms with van der Waals surface area (Å²) < 4.78 is 52.1. The third-order valence-corrected chi connectivity index (χ3v) is 6.94. The molecule has 192 valence electrons. The van der Waals surface area contributed by atoms with Crippen LogP contribution in [0.2, 0.25) is 0 Å². The highest BCUT2D eigenvalue weighted by Crippen LogP contribution is 2.37. The molecule has 4 rings (SSSR count). The van der Waals surface area contributed by atoms with Crippen LogP contribution in [0.5, 0.6) is 5.75 Å². The Kier molecular flexibility index (Phi) is 8.07. The van der Waals surface area contributed by atoms with E-state index in [2.05, 4.69) is 14.9 Å². The first-order valence-electron chi connectivity index (χ1n) is 11.2. The molecule has 2 saturated heterocycles. The van der Waals surface area contributed by atoms with E-state index in [0.29, 0.717) is 56.6 Å². The number of benzene rings is 1. The van der Waals surface area contributed by atoms with Crippen molar-refractivity contribution in [3.63, 3.8) is 0 Å². The lowest BCUT2D eigenvalue weighted by atomic mass is 9.84. The van der Waals surface area contributed by atoms with Gasteiger partial charge in [-0.15, -0.1) is 24.9 Å². The third-order valence-electron chi connectivity index (χ3n) is 5.99. The Hall–Kier alpha value is -2.51. The molecule has 0 radical (unpaired) electrons. The number of carbonyl (C=O) groups is 1. The Balaban J connectivity index is 1.54. The number of halogens is 3. The molecule has 1 aromatic carbocycles. The van der Waals surface area contributed by atoms with Gasteiger partial charge in [-0.3, -0.25) is 0 Å². The van der Waals surface area contributed by atoms with Crippen molar-refractivity contribution in [2.24, 2.45) is 0 Å². The number of amides is 2. The van der Waals surface area contributed by atoms with E-state index < -0.39 is 11.8 Å². The van der Waals surface area contributed by atoms with Gasteiger partial charge in [0.15, 0.2) is 5.82 Å². The summed E-state index contributed by atoms with van der Waals surface area (Å²) in [5.41, 5.74) is 0.139. The van der Waals surface area contributed by atoms with Crippen LogP contribution in [-0.2, 0) is 11.2 Å². The number of urea groups is 1. The van der Waals surface area contributed by atoms with Gasteiger partial charge in [0.2, 0.25) is 5.89 Å². The number of alkyl halides is 3. The van der Waals surface area contributed by atoms with Crippen LogP contribution in [-0.4, -0.2) is 88.5 Å². The van der Waals surface area contributed by atoms with E-state index in [4.69, 9.17) is 9.26 Å². The van der Waals surface area contributed by atoms with E-state index in [-0.39, 0.29) is 30.2 Å².